The van der Waals surface area contributed by atoms with Gasteiger partial charge in [0.1, 0.15) is 11.2 Å². The lowest BCUT2D eigenvalue weighted by Gasteiger charge is -2.19. The fourth-order valence-corrected chi connectivity index (χ4v) is 5.73. The van der Waals surface area contributed by atoms with Gasteiger partial charge in [-0.15, -0.1) is 0 Å². The molecule has 4 aromatic heterocycles. The largest absolute Gasteiger partial charge is 0.359 e. The summed E-state index contributed by atoms with van der Waals surface area (Å²) in [7, 11) is -3.21. The van der Waals surface area contributed by atoms with Gasteiger partial charge in [-0.2, -0.15) is 4.31 Å². The number of fused-ring (bicyclic) bond motifs is 3. The SMILES string of the molecule is CCCS(=O)(=O)N1CCC(n2c(-c3ccc[nH]3)nc3cnc4[nH]ccc4c32)C1. The van der Waals surface area contributed by atoms with Gasteiger partial charge in [-0.1, -0.05) is 6.92 Å². The zero-order chi connectivity index (χ0) is 19.3. The molecule has 1 unspecified atom stereocenters. The molecule has 8 nitrogen and oxygen atoms in total. The van der Waals surface area contributed by atoms with Crippen molar-refractivity contribution in [3.05, 3.63) is 36.8 Å². The monoisotopic (exact) mass is 398 g/mol. The van der Waals surface area contributed by atoms with Crippen molar-refractivity contribution in [1.29, 1.82) is 0 Å². The summed E-state index contributed by atoms with van der Waals surface area (Å²) in [5.41, 5.74) is 3.53. The van der Waals surface area contributed by atoms with E-state index in [-0.39, 0.29) is 11.8 Å². The number of aromatic amines is 2. The maximum Gasteiger partial charge on any atom is 0.214 e. The van der Waals surface area contributed by atoms with Gasteiger partial charge in [0.15, 0.2) is 5.82 Å². The van der Waals surface area contributed by atoms with Crippen molar-refractivity contribution < 1.29 is 8.42 Å². The van der Waals surface area contributed by atoms with Crippen molar-refractivity contribution in [2.45, 2.75) is 25.8 Å². The van der Waals surface area contributed by atoms with Gasteiger partial charge < -0.3 is 14.5 Å². The molecule has 0 aromatic carbocycles. The first kappa shape index (κ1) is 17.4. The maximum absolute atomic E-state index is 12.6. The number of sulfonamides is 1. The molecule has 0 saturated carbocycles. The minimum atomic E-state index is -3.21. The van der Waals surface area contributed by atoms with Crippen LogP contribution in [0.25, 0.3) is 33.6 Å². The number of nitrogens with zero attached hydrogens (tertiary/aromatic N) is 4. The van der Waals surface area contributed by atoms with E-state index >= 15 is 0 Å². The first-order valence-electron chi connectivity index (χ1n) is 9.54. The molecule has 1 saturated heterocycles. The highest BCUT2D eigenvalue weighted by Gasteiger charge is 2.34. The molecule has 5 heterocycles. The topological polar surface area (TPSA) is 99.7 Å². The minimum Gasteiger partial charge on any atom is -0.359 e. The highest BCUT2D eigenvalue weighted by Crippen LogP contribution is 2.35. The quantitative estimate of drug-likeness (QED) is 0.540. The van der Waals surface area contributed by atoms with Crippen LogP contribution in [0.1, 0.15) is 25.8 Å². The van der Waals surface area contributed by atoms with Crippen molar-refractivity contribution in [1.82, 2.24) is 28.8 Å². The van der Waals surface area contributed by atoms with Gasteiger partial charge in [-0.05, 0) is 31.0 Å². The molecule has 146 valence electrons. The summed E-state index contributed by atoms with van der Waals surface area (Å²) in [6.07, 6.45) is 6.90. The Bertz CT molecular complexity index is 1240. The van der Waals surface area contributed by atoms with E-state index in [9.17, 15) is 8.42 Å². The highest BCUT2D eigenvalue weighted by atomic mass is 32.2. The van der Waals surface area contributed by atoms with Crippen LogP contribution in [0.4, 0.5) is 0 Å². The molecule has 1 atom stereocenters. The van der Waals surface area contributed by atoms with Crippen molar-refractivity contribution in [3.8, 4) is 11.5 Å². The fourth-order valence-electron chi connectivity index (χ4n) is 4.17. The van der Waals surface area contributed by atoms with E-state index in [1.807, 2.05) is 37.5 Å². The molecular weight excluding hydrogens is 376 g/mol. The van der Waals surface area contributed by atoms with Crippen LogP contribution in [0.2, 0.25) is 0 Å². The van der Waals surface area contributed by atoms with Gasteiger partial charge in [0, 0.05) is 30.9 Å². The normalized spacial score (nSPS) is 18.5. The molecule has 5 rings (SSSR count). The Morgan fingerprint density at radius 1 is 1.25 bits per heavy atom. The summed E-state index contributed by atoms with van der Waals surface area (Å²) in [5.74, 6) is 1.01. The lowest BCUT2D eigenvalue weighted by molar-refractivity contribution is 0.455. The van der Waals surface area contributed by atoms with Crippen molar-refractivity contribution in [3.63, 3.8) is 0 Å². The maximum atomic E-state index is 12.6. The smallest absolute Gasteiger partial charge is 0.214 e. The Morgan fingerprint density at radius 2 is 2.14 bits per heavy atom. The van der Waals surface area contributed by atoms with Gasteiger partial charge in [-0.25, -0.2) is 18.4 Å². The van der Waals surface area contributed by atoms with Crippen LogP contribution in [0.5, 0.6) is 0 Å². The Kier molecular flexibility index (Phi) is 4.02. The molecule has 4 aromatic rings. The molecule has 1 fully saturated rings. The van der Waals surface area contributed by atoms with E-state index in [0.717, 1.165) is 40.0 Å². The first-order valence-corrected chi connectivity index (χ1v) is 11.1. The van der Waals surface area contributed by atoms with E-state index < -0.39 is 10.0 Å². The summed E-state index contributed by atoms with van der Waals surface area (Å²) >= 11 is 0. The van der Waals surface area contributed by atoms with E-state index in [1.165, 1.54) is 0 Å². The molecule has 28 heavy (non-hydrogen) atoms. The molecule has 0 bridgehead atoms. The average Bonchev–Trinajstić information content (AvgIpc) is 3.45. The van der Waals surface area contributed by atoms with Crippen LogP contribution in [0.3, 0.4) is 0 Å². The van der Waals surface area contributed by atoms with Gasteiger partial charge in [0.25, 0.3) is 0 Å². The van der Waals surface area contributed by atoms with Crippen molar-refractivity contribution in [2.24, 2.45) is 0 Å². The Labute approximate surface area is 162 Å². The molecule has 9 heteroatoms. The molecule has 1 aliphatic rings. The lowest BCUT2D eigenvalue weighted by atomic mass is 10.2. The van der Waals surface area contributed by atoms with Gasteiger partial charge in [0.05, 0.1) is 29.2 Å². The van der Waals surface area contributed by atoms with E-state index in [1.54, 1.807) is 10.5 Å². The fraction of sp³-hybridized carbons (Fsp3) is 0.368. The predicted molar refractivity (Wildman–Crippen MR) is 108 cm³/mol. The Morgan fingerprint density at radius 3 is 2.93 bits per heavy atom. The number of hydrogen-bond donors (Lipinski definition) is 2. The summed E-state index contributed by atoms with van der Waals surface area (Å²) in [5, 5.41) is 0.998. The van der Waals surface area contributed by atoms with Gasteiger partial charge in [0.2, 0.25) is 10.0 Å². The van der Waals surface area contributed by atoms with Crippen molar-refractivity contribution in [2.75, 3.05) is 18.8 Å². The van der Waals surface area contributed by atoms with Crippen molar-refractivity contribution >= 4 is 32.1 Å². The molecule has 0 radical (unpaired) electrons. The second-order valence-corrected chi connectivity index (χ2v) is 9.33. The summed E-state index contributed by atoms with van der Waals surface area (Å²) in [6.45, 7) is 2.90. The Balaban J connectivity index is 1.68. The van der Waals surface area contributed by atoms with Crippen LogP contribution in [-0.2, 0) is 10.0 Å². The summed E-state index contributed by atoms with van der Waals surface area (Å²) in [4.78, 5) is 15.7. The predicted octanol–water partition coefficient (Wildman–Crippen LogP) is 2.89. The van der Waals surface area contributed by atoms with Crippen LogP contribution >= 0.6 is 0 Å². The molecule has 0 amide bonds. The third-order valence-electron chi connectivity index (χ3n) is 5.42. The standard InChI is InChI=1S/C19H22N6O2S/c1-2-10-28(26,27)24-9-6-13(12-24)25-17-14-5-8-21-18(14)22-11-16(17)23-19(25)15-4-3-7-20-15/h3-5,7-8,11,13,20H,2,6,9-10,12H2,1H3,(H,21,22). The van der Waals surface area contributed by atoms with Crippen LogP contribution < -0.4 is 0 Å². The molecule has 1 aliphatic heterocycles. The highest BCUT2D eigenvalue weighted by molar-refractivity contribution is 7.89. The van der Waals surface area contributed by atoms with Gasteiger partial charge >= 0.3 is 0 Å². The van der Waals surface area contributed by atoms with Gasteiger partial charge in [-0.3, -0.25) is 0 Å². The number of imidazole rings is 1. The van der Waals surface area contributed by atoms with Crippen LogP contribution in [0.15, 0.2) is 36.8 Å². The zero-order valence-corrected chi connectivity index (χ0v) is 16.4. The molecule has 2 N–H and O–H groups in total. The van der Waals surface area contributed by atoms with Crippen LogP contribution in [0, 0.1) is 0 Å². The number of hydrogen-bond acceptors (Lipinski definition) is 4. The molecular formula is C19H22N6O2S. The summed E-state index contributed by atoms with van der Waals surface area (Å²) in [6, 6.07) is 5.95. The second-order valence-electron chi connectivity index (χ2n) is 7.24. The third kappa shape index (κ3) is 2.65. The minimum absolute atomic E-state index is 0.0235. The first-order chi connectivity index (χ1) is 13.6. The molecule has 0 spiro atoms. The lowest BCUT2D eigenvalue weighted by Crippen LogP contribution is -2.31. The second kappa shape index (κ2) is 6.46. The average molecular weight is 398 g/mol. The van der Waals surface area contributed by atoms with Crippen LogP contribution in [-0.4, -0.2) is 56.1 Å². The number of rotatable bonds is 5. The van der Waals surface area contributed by atoms with E-state index in [4.69, 9.17) is 4.98 Å². The number of aromatic nitrogens is 5. The number of pyridine rings is 1. The number of nitrogens with one attached hydrogen (secondary N) is 2. The van der Waals surface area contributed by atoms with E-state index in [0.29, 0.717) is 19.5 Å². The number of H-pyrrole nitrogens is 2. The third-order valence-corrected chi connectivity index (χ3v) is 7.46. The Hall–Kier alpha value is -2.65. The van der Waals surface area contributed by atoms with E-state index in [2.05, 4.69) is 19.5 Å². The zero-order valence-electron chi connectivity index (χ0n) is 15.6. The molecule has 0 aliphatic carbocycles. The summed E-state index contributed by atoms with van der Waals surface area (Å²) < 4.78 is 29.0.